The molecule has 19 heavy (non-hydrogen) atoms. The Bertz CT molecular complexity index is 408. The minimum absolute atomic E-state index is 0.174. The minimum atomic E-state index is -5.19. The van der Waals surface area contributed by atoms with Crippen LogP contribution in [0.1, 0.15) is 0 Å². The standard InChI is InChI=1S/C9H9BF6NO2/c11-9(12,13)6-18-1-2-19-8-3-7(4-17-5-8)10(14,15)16/h3-5H,1-2,6H2/q-1. The van der Waals surface area contributed by atoms with Crippen LogP contribution in [0.4, 0.5) is 26.1 Å². The van der Waals surface area contributed by atoms with Gasteiger partial charge in [-0.3, -0.25) is 4.98 Å². The number of rotatable bonds is 6. The molecule has 0 spiro atoms. The van der Waals surface area contributed by atoms with Crippen molar-refractivity contribution in [3.05, 3.63) is 18.5 Å². The van der Waals surface area contributed by atoms with E-state index in [0.29, 0.717) is 6.20 Å². The van der Waals surface area contributed by atoms with Crippen LogP contribution in [0.15, 0.2) is 18.5 Å². The average molecular weight is 288 g/mol. The second-order valence-corrected chi connectivity index (χ2v) is 3.54. The molecule has 0 N–H and O–H groups in total. The van der Waals surface area contributed by atoms with Gasteiger partial charge in [-0.05, 0) is 6.07 Å². The molecule has 0 radical (unpaired) electrons. The van der Waals surface area contributed by atoms with Crippen molar-refractivity contribution in [1.82, 2.24) is 4.98 Å². The number of ether oxygens (including phenoxy) is 2. The van der Waals surface area contributed by atoms with Crippen molar-refractivity contribution in [3.63, 3.8) is 0 Å². The third-order valence-corrected chi connectivity index (χ3v) is 1.87. The predicted molar refractivity (Wildman–Crippen MR) is 55.3 cm³/mol. The van der Waals surface area contributed by atoms with Crippen LogP contribution in [-0.4, -0.2) is 38.0 Å². The van der Waals surface area contributed by atoms with Crippen molar-refractivity contribution < 1.29 is 35.6 Å². The molecule has 1 aromatic heterocycles. The van der Waals surface area contributed by atoms with Gasteiger partial charge >= 0.3 is 13.2 Å². The monoisotopic (exact) mass is 288 g/mol. The van der Waals surface area contributed by atoms with Crippen LogP contribution in [0.3, 0.4) is 0 Å². The quantitative estimate of drug-likeness (QED) is 0.456. The maximum atomic E-state index is 12.4. The highest BCUT2D eigenvalue weighted by Gasteiger charge is 2.27. The molecule has 0 saturated heterocycles. The zero-order valence-electron chi connectivity index (χ0n) is 9.46. The fourth-order valence-electron chi connectivity index (χ4n) is 1.10. The van der Waals surface area contributed by atoms with Crippen LogP contribution in [0, 0.1) is 0 Å². The molecular formula is C9H9BF6NO2-. The number of aromatic nitrogens is 1. The third-order valence-electron chi connectivity index (χ3n) is 1.87. The van der Waals surface area contributed by atoms with Gasteiger partial charge in [0.05, 0.1) is 12.8 Å². The van der Waals surface area contributed by atoms with Crippen LogP contribution >= 0.6 is 0 Å². The molecular weight excluding hydrogens is 279 g/mol. The number of alkyl halides is 3. The Balaban J connectivity index is 2.38. The number of hydrogen-bond donors (Lipinski definition) is 0. The molecule has 1 rings (SSSR count). The minimum Gasteiger partial charge on any atom is -0.490 e. The van der Waals surface area contributed by atoms with Crippen molar-refractivity contribution in [3.8, 4) is 5.75 Å². The van der Waals surface area contributed by atoms with Crippen molar-refractivity contribution in [2.75, 3.05) is 19.8 Å². The van der Waals surface area contributed by atoms with Crippen LogP contribution in [0.25, 0.3) is 0 Å². The Labute approximate surface area is 104 Å². The lowest BCUT2D eigenvalue weighted by Crippen LogP contribution is -2.34. The molecule has 0 fully saturated rings. The lowest BCUT2D eigenvalue weighted by Gasteiger charge is -2.15. The molecule has 0 aliphatic heterocycles. The van der Waals surface area contributed by atoms with Crippen LogP contribution in [0.5, 0.6) is 5.75 Å². The predicted octanol–water partition coefficient (Wildman–Crippen LogP) is 2.09. The van der Waals surface area contributed by atoms with E-state index in [1.165, 1.54) is 0 Å². The Morgan fingerprint density at radius 2 is 1.79 bits per heavy atom. The first kappa shape index (κ1) is 15.6. The van der Waals surface area contributed by atoms with Crippen molar-refractivity contribution in [1.29, 1.82) is 0 Å². The van der Waals surface area contributed by atoms with Gasteiger partial charge in [0.1, 0.15) is 19.0 Å². The molecule has 0 unspecified atom stereocenters. The fourth-order valence-corrected chi connectivity index (χ4v) is 1.10. The molecule has 0 bridgehead atoms. The van der Waals surface area contributed by atoms with Gasteiger partial charge in [-0.1, -0.05) is 5.46 Å². The molecule has 0 amide bonds. The van der Waals surface area contributed by atoms with E-state index in [4.69, 9.17) is 4.74 Å². The zero-order chi connectivity index (χ0) is 14.5. The van der Waals surface area contributed by atoms with Gasteiger partial charge in [-0.2, -0.15) is 13.2 Å². The third kappa shape index (κ3) is 6.32. The van der Waals surface area contributed by atoms with E-state index in [-0.39, 0.29) is 19.0 Å². The molecule has 1 aromatic rings. The summed E-state index contributed by atoms with van der Waals surface area (Å²) in [4.78, 5) is 3.34. The van der Waals surface area contributed by atoms with E-state index < -0.39 is 25.2 Å². The smallest absolute Gasteiger partial charge is 0.490 e. The van der Waals surface area contributed by atoms with Gasteiger partial charge in [-0.15, -0.1) is 0 Å². The molecule has 10 heteroatoms. The topological polar surface area (TPSA) is 31.4 Å². The SMILES string of the molecule is F[B-](F)(F)c1cncc(OCCOCC(F)(F)F)c1. The molecule has 0 aliphatic carbocycles. The number of halogens is 6. The maximum Gasteiger partial charge on any atom is 0.511 e. The fraction of sp³-hybridized carbons (Fsp3) is 0.444. The highest BCUT2D eigenvalue weighted by molar-refractivity contribution is 6.73. The molecule has 0 saturated carbocycles. The number of hydrogen-bond acceptors (Lipinski definition) is 3. The summed E-state index contributed by atoms with van der Waals surface area (Å²) < 4.78 is 81.2. The molecule has 108 valence electrons. The van der Waals surface area contributed by atoms with Crippen molar-refractivity contribution in [2.24, 2.45) is 0 Å². The lowest BCUT2D eigenvalue weighted by atomic mass is 9.81. The number of nitrogens with zero attached hydrogens (tertiary/aromatic N) is 1. The van der Waals surface area contributed by atoms with Crippen LogP contribution < -0.4 is 10.2 Å². The second kappa shape index (κ2) is 6.13. The summed E-state index contributed by atoms with van der Waals surface area (Å²) >= 11 is 0. The molecule has 1 heterocycles. The van der Waals surface area contributed by atoms with E-state index >= 15 is 0 Å². The highest BCUT2D eigenvalue weighted by atomic mass is 19.4. The van der Waals surface area contributed by atoms with Gasteiger partial charge in [0, 0.05) is 6.20 Å². The van der Waals surface area contributed by atoms with Crippen molar-refractivity contribution in [2.45, 2.75) is 6.18 Å². The van der Waals surface area contributed by atoms with Gasteiger partial charge in [-0.25, -0.2) is 0 Å². The first-order valence-electron chi connectivity index (χ1n) is 5.11. The summed E-state index contributed by atoms with van der Waals surface area (Å²) in [7, 11) is 0. The van der Waals surface area contributed by atoms with Crippen LogP contribution in [0.2, 0.25) is 0 Å². The number of pyridine rings is 1. The van der Waals surface area contributed by atoms with Gasteiger partial charge in [0.2, 0.25) is 0 Å². The summed E-state index contributed by atoms with van der Waals surface area (Å²) in [6.45, 7) is -7.31. The summed E-state index contributed by atoms with van der Waals surface area (Å²) in [5.74, 6) is -0.174. The maximum absolute atomic E-state index is 12.4. The van der Waals surface area contributed by atoms with E-state index in [0.717, 1.165) is 12.3 Å². The Morgan fingerprint density at radius 1 is 1.11 bits per heavy atom. The van der Waals surface area contributed by atoms with Gasteiger partial charge < -0.3 is 22.4 Å². The van der Waals surface area contributed by atoms with E-state index in [1.807, 2.05) is 0 Å². The first-order chi connectivity index (χ1) is 8.68. The molecule has 0 aliphatic rings. The summed E-state index contributed by atoms with van der Waals surface area (Å²) in [5.41, 5.74) is -0.936. The Hall–Kier alpha value is -1.45. The summed E-state index contributed by atoms with van der Waals surface area (Å²) in [6.07, 6.45) is -2.76. The van der Waals surface area contributed by atoms with Gasteiger partial charge in [0.25, 0.3) is 0 Å². The Morgan fingerprint density at radius 3 is 2.37 bits per heavy atom. The van der Waals surface area contributed by atoms with E-state index in [2.05, 4.69) is 9.72 Å². The van der Waals surface area contributed by atoms with E-state index in [9.17, 15) is 26.1 Å². The van der Waals surface area contributed by atoms with E-state index in [1.54, 1.807) is 0 Å². The molecule has 0 aromatic carbocycles. The molecule has 0 atom stereocenters. The average Bonchev–Trinajstić information content (AvgIpc) is 2.26. The first-order valence-corrected chi connectivity index (χ1v) is 5.11. The Kier molecular flexibility index (Phi) is 5.04. The molecule has 3 nitrogen and oxygen atoms in total. The van der Waals surface area contributed by atoms with Gasteiger partial charge in [0.15, 0.2) is 0 Å². The van der Waals surface area contributed by atoms with Crippen LogP contribution in [-0.2, 0) is 4.74 Å². The van der Waals surface area contributed by atoms with Crippen molar-refractivity contribution >= 4 is 12.4 Å². The highest BCUT2D eigenvalue weighted by Crippen LogP contribution is 2.15. The summed E-state index contributed by atoms with van der Waals surface area (Å²) in [6, 6.07) is 0.733. The lowest BCUT2D eigenvalue weighted by molar-refractivity contribution is -0.175. The zero-order valence-corrected chi connectivity index (χ0v) is 9.46. The summed E-state index contributed by atoms with van der Waals surface area (Å²) in [5, 5.41) is 0. The second-order valence-electron chi connectivity index (χ2n) is 3.54. The normalized spacial score (nSPS) is 12.5. The largest absolute Gasteiger partial charge is 0.511 e.